The normalized spacial score (nSPS) is 11.8. The minimum atomic E-state index is -0.847. The van der Waals surface area contributed by atoms with Crippen LogP contribution < -0.4 is 16.2 Å². The lowest BCUT2D eigenvalue weighted by Gasteiger charge is -2.14. The van der Waals surface area contributed by atoms with Crippen LogP contribution in [-0.4, -0.2) is 28.4 Å². The number of aliphatic hydroxyl groups excluding tert-OH is 1. The Morgan fingerprint density at radius 2 is 2.00 bits per heavy atom. The molecule has 0 bridgehead atoms. The molecule has 3 N–H and O–H groups in total. The van der Waals surface area contributed by atoms with Crippen LogP contribution in [0.2, 0.25) is 0 Å². The maximum Gasteiger partial charge on any atom is 0.319 e. The molecule has 0 aliphatic heterocycles. The maximum atomic E-state index is 11.8. The molecule has 0 spiro atoms. The number of aryl methyl sites for hydroxylation is 2. The Morgan fingerprint density at radius 3 is 2.70 bits per heavy atom. The molecule has 2 amide bonds. The van der Waals surface area contributed by atoms with E-state index in [0.717, 1.165) is 11.1 Å². The predicted molar refractivity (Wildman–Crippen MR) is 89.6 cm³/mol. The minimum Gasteiger partial charge on any atom is -0.389 e. The van der Waals surface area contributed by atoms with Crippen molar-refractivity contribution in [2.45, 2.75) is 26.5 Å². The number of amides is 2. The number of carbonyl (C=O) groups excluding carboxylic acids is 1. The predicted octanol–water partition coefficient (Wildman–Crippen LogP) is 1.65. The summed E-state index contributed by atoms with van der Waals surface area (Å²) < 4.78 is 1.40. The highest BCUT2D eigenvalue weighted by Crippen LogP contribution is 2.13. The van der Waals surface area contributed by atoms with E-state index in [2.05, 4.69) is 10.6 Å². The number of benzene rings is 1. The lowest BCUT2D eigenvalue weighted by Crippen LogP contribution is -2.38. The first-order valence-corrected chi connectivity index (χ1v) is 7.41. The van der Waals surface area contributed by atoms with Crippen LogP contribution in [-0.2, 0) is 6.54 Å². The second-order valence-corrected chi connectivity index (χ2v) is 5.48. The lowest BCUT2D eigenvalue weighted by molar-refractivity contribution is 0.151. The minimum absolute atomic E-state index is 0.0536. The summed E-state index contributed by atoms with van der Waals surface area (Å²) >= 11 is 0. The number of nitrogens with one attached hydrogen (secondary N) is 2. The summed E-state index contributed by atoms with van der Waals surface area (Å²) in [5.74, 6) is 0. The molecule has 1 aromatic heterocycles. The largest absolute Gasteiger partial charge is 0.389 e. The highest BCUT2D eigenvalue weighted by atomic mass is 16.3. The Morgan fingerprint density at radius 1 is 1.22 bits per heavy atom. The summed E-state index contributed by atoms with van der Waals surface area (Å²) in [6.07, 6.45) is 0.751. The summed E-state index contributed by atoms with van der Waals surface area (Å²) in [6, 6.07) is 10.0. The molecule has 0 radical (unpaired) electrons. The van der Waals surface area contributed by atoms with E-state index in [-0.39, 0.29) is 18.6 Å². The van der Waals surface area contributed by atoms with Gasteiger partial charge >= 0.3 is 6.03 Å². The molecule has 0 aliphatic rings. The van der Waals surface area contributed by atoms with Crippen LogP contribution >= 0.6 is 0 Å². The van der Waals surface area contributed by atoms with E-state index >= 15 is 0 Å². The van der Waals surface area contributed by atoms with Crippen molar-refractivity contribution in [2.24, 2.45) is 0 Å². The lowest BCUT2D eigenvalue weighted by atomic mass is 10.1. The van der Waals surface area contributed by atoms with Gasteiger partial charge in [-0.15, -0.1) is 0 Å². The Labute approximate surface area is 134 Å². The third-order valence-corrected chi connectivity index (χ3v) is 3.57. The zero-order valence-electron chi connectivity index (χ0n) is 13.2. The monoisotopic (exact) mass is 315 g/mol. The van der Waals surface area contributed by atoms with Gasteiger partial charge in [0, 0.05) is 24.5 Å². The van der Waals surface area contributed by atoms with Crippen molar-refractivity contribution < 1.29 is 9.90 Å². The maximum absolute atomic E-state index is 11.8. The van der Waals surface area contributed by atoms with E-state index in [0.29, 0.717) is 5.69 Å². The van der Waals surface area contributed by atoms with Gasteiger partial charge in [0.25, 0.3) is 5.56 Å². The molecule has 0 saturated carbocycles. The molecule has 0 aliphatic carbocycles. The average Bonchev–Trinajstić information content (AvgIpc) is 2.51. The summed E-state index contributed by atoms with van der Waals surface area (Å²) in [7, 11) is 0. The van der Waals surface area contributed by atoms with Crippen molar-refractivity contribution in [2.75, 3.05) is 11.9 Å². The SMILES string of the molecule is Cc1ccc(NC(=O)NCC(O)Cn2ccccc2=O)cc1C. The van der Waals surface area contributed by atoms with Gasteiger partial charge in [0.1, 0.15) is 0 Å². The van der Waals surface area contributed by atoms with Gasteiger partial charge in [0.05, 0.1) is 12.6 Å². The molecule has 6 heteroatoms. The highest BCUT2D eigenvalue weighted by molar-refractivity contribution is 5.89. The zero-order chi connectivity index (χ0) is 16.8. The molecule has 6 nitrogen and oxygen atoms in total. The fourth-order valence-electron chi connectivity index (χ4n) is 2.11. The van der Waals surface area contributed by atoms with Crippen LogP contribution in [0.15, 0.2) is 47.4 Å². The first-order valence-electron chi connectivity index (χ1n) is 7.41. The molecule has 1 heterocycles. The quantitative estimate of drug-likeness (QED) is 0.784. The van der Waals surface area contributed by atoms with Crippen LogP contribution in [0.4, 0.5) is 10.5 Å². The van der Waals surface area contributed by atoms with Crippen molar-refractivity contribution in [3.8, 4) is 0 Å². The van der Waals surface area contributed by atoms with Crippen molar-refractivity contribution in [1.29, 1.82) is 0 Å². The van der Waals surface area contributed by atoms with Crippen molar-refractivity contribution in [3.63, 3.8) is 0 Å². The number of pyridine rings is 1. The van der Waals surface area contributed by atoms with Crippen LogP contribution in [0.3, 0.4) is 0 Å². The number of aliphatic hydroxyl groups is 1. The second-order valence-electron chi connectivity index (χ2n) is 5.48. The molecule has 0 fully saturated rings. The van der Waals surface area contributed by atoms with Crippen LogP contribution in [0, 0.1) is 13.8 Å². The Balaban J connectivity index is 1.83. The molecule has 2 rings (SSSR count). The van der Waals surface area contributed by atoms with Gasteiger partial charge in [-0.3, -0.25) is 4.79 Å². The average molecular weight is 315 g/mol. The van der Waals surface area contributed by atoms with Gasteiger partial charge in [0.15, 0.2) is 0 Å². The molecule has 0 saturated heterocycles. The standard InChI is InChI=1S/C17H21N3O3/c1-12-6-7-14(9-13(12)2)19-17(23)18-10-15(21)11-20-8-4-3-5-16(20)22/h3-9,15,21H,10-11H2,1-2H3,(H2,18,19,23). The number of rotatable bonds is 5. The number of anilines is 1. The molecule has 2 aromatic rings. The molecule has 122 valence electrons. The van der Waals surface area contributed by atoms with E-state index in [1.54, 1.807) is 18.3 Å². The molecule has 1 unspecified atom stereocenters. The first kappa shape index (κ1) is 16.8. The Hall–Kier alpha value is -2.60. The molecule has 23 heavy (non-hydrogen) atoms. The highest BCUT2D eigenvalue weighted by Gasteiger charge is 2.09. The fraction of sp³-hybridized carbons (Fsp3) is 0.294. The van der Waals surface area contributed by atoms with E-state index in [1.165, 1.54) is 10.6 Å². The molecular weight excluding hydrogens is 294 g/mol. The number of urea groups is 1. The zero-order valence-corrected chi connectivity index (χ0v) is 13.2. The van der Waals surface area contributed by atoms with Crippen molar-refractivity contribution in [3.05, 3.63) is 64.1 Å². The number of aromatic nitrogens is 1. The van der Waals surface area contributed by atoms with E-state index in [9.17, 15) is 14.7 Å². The summed E-state index contributed by atoms with van der Waals surface area (Å²) in [5, 5.41) is 15.2. The van der Waals surface area contributed by atoms with Gasteiger partial charge in [-0.2, -0.15) is 0 Å². The summed E-state index contributed by atoms with van der Waals surface area (Å²) in [6.45, 7) is 4.16. The second kappa shape index (κ2) is 7.60. The van der Waals surface area contributed by atoms with Crippen LogP contribution in [0.1, 0.15) is 11.1 Å². The Kier molecular flexibility index (Phi) is 5.54. The topological polar surface area (TPSA) is 83.4 Å². The molecule has 1 aromatic carbocycles. The van der Waals surface area contributed by atoms with Gasteiger partial charge in [-0.05, 0) is 43.2 Å². The third kappa shape index (κ3) is 4.96. The van der Waals surface area contributed by atoms with Crippen molar-refractivity contribution in [1.82, 2.24) is 9.88 Å². The summed E-state index contributed by atoms with van der Waals surface area (Å²) in [5.41, 5.74) is 2.75. The Bertz CT molecular complexity index is 740. The van der Waals surface area contributed by atoms with Crippen molar-refractivity contribution >= 4 is 11.7 Å². The van der Waals surface area contributed by atoms with Crippen LogP contribution in [0.25, 0.3) is 0 Å². The number of nitrogens with zero attached hydrogens (tertiary/aromatic N) is 1. The third-order valence-electron chi connectivity index (χ3n) is 3.57. The molecular formula is C17H21N3O3. The fourth-order valence-corrected chi connectivity index (χ4v) is 2.11. The number of hydrogen-bond donors (Lipinski definition) is 3. The van der Waals surface area contributed by atoms with Crippen LogP contribution in [0.5, 0.6) is 0 Å². The smallest absolute Gasteiger partial charge is 0.319 e. The van der Waals surface area contributed by atoms with E-state index in [1.807, 2.05) is 32.0 Å². The van der Waals surface area contributed by atoms with E-state index < -0.39 is 12.1 Å². The van der Waals surface area contributed by atoms with Gasteiger partial charge < -0.3 is 20.3 Å². The first-order chi connectivity index (χ1) is 11.0. The van der Waals surface area contributed by atoms with Gasteiger partial charge in [-0.25, -0.2) is 4.79 Å². The molecule has 1 atom stereocenters. The number of hydrogen-bond acceptors (Lipinski definition) is 3. The van der Waals surface area contributed by atoms with Gasteiger partial charge in [-0.1, -0.05) is 12.1 Å². The van der Waals surface area contributed by atoms with Gasteiger partial charge in [0.2, 0.25) is 0 Å². The summed E-state index contributed by atoms with van der Waals surface area (Å²) in [4.78, 5) is 23.4. The van der Waals surface area contributed by atoms with E-state index in [4.69, 9.17) is 0 Å². The number of carbonyl (C=O) groups is 1.